The van der Waals surface area contributed by atoms with E-state index in [-0.39, 0.29) is 0 Å². The molecular weight excluding hydrogens is 264 g/mol. The van der Waals surface area contributed by atoms with Crippen molar-refractivity contribution in [3.8, 4) is 0 Å². The zero-order chi connectivity index (χ0) is 14.9. The molecule has 0 aromatic carbocycles. The van der Waals surface area contributed by atoms with Gasteiger partial charge in [0.15, 0.2) is 0 Å². The van der Waals surface area contributed by atoms with Crippen molar-refractivity contribution in [2.45, 2.75) is 51.9 Å². The van der Waals surface area contributed by atoms with E-state index in [4.69, 9.17) is 9.47 Å². The molecule has 1 aliphatic rings. The Balaban J connectivity index is 1.63. The lowest BCUT2D eigenvalue weighted by atomic mass is 10.1. The number of nitrogens with zero attached hydrogens (tertiary/aromatic N) is 2. The van der Waals surface area contributed by atoms with Crippen molar-refractivity contribution in [2.75, 3.05) is 26.3 Å². The van der Waals surface area contributed by atoms with E-state index in [1.165, 1.54) is 6.42 Å². The van der Waals surface area contributed by atoms with Gasteiger partial charge in [0.2, 0.25) is 0 Å². The summed E-state index contributed by atoms with van der Waals surface area (Å²) in [4.78, 5) is 6.66. The Morgan fingerprint density at radius 2 is 2.38 bits per heavy atom. The first-order chi connectivity index (χ1) is 10.3. The van der Waals surface area contributed by atoms with Gasteiger partial charge >= 0.3 is 0 Å². The van der Waals surface area contributed by atoms with E-state index in [0.717, 1.165) is 44.7 Å². The highest BCUT2D eigenvalue weighted by Gasteiger charge is 2.26. The Hall–Kier alpha value is -0.970. The van der Waals surface area contributed by atoms with E-state index in [1.54, 1.807) is 6.20 Å². The molecule has 2 rings (SSSR count). The summed E-state index contributed by atoms with van der Waals surface area (Å²) >= 11 is 0. The highest BCUT2D eigenvalue weighted by Crippen LogP contribution is 2.19. The van der Waals surface area contributed by atoms with Crippen LogP contribution in [0.4, 0.5) is 0 Å². The van der Waals surface area contributed by atoms with Gasteiger partial charge in [-0.3, -0.25) is 9.88 Å². The quantitative estimate of drug-likeness (QED) is 0.656. The Morgan fingerprint density at radius 1 is 1.48 bits per heavy atom. The molecule has 21 heavy (non-hydrogen) atoms. The molecule has 1 saturated heterocycles. The second-order valence-corrected chi connectivity index (χ2v) is 5.77. The van der Waals surface area contributed by atoms with Gasteiger partial charge in [-0.15, -0.1) is 0 Å². The molecule has 0 radical (unpaired) electrons. The summed E-state index contributed by atoms with van der Waals surface area (Å²) in [6, 6.07) is 4.65. The highest BCUT2D eigenvalue weighted by atomic mass is 16.5. The van der Waals surface area contributed by atoms with Crippen LogP contribution in [0.15, 0.2) is 24.5 Å². The Kier molecular flexibility index (Phi) is 7.13. The van der Waals surface area contributed by atoms with Gasteiger partial charge in [-0.2, -0.15) is 0 Å². The first kappa shape index (κ1) is 16.4. The number of hydrogen-bond donors (Lipinski definition) is 0. The Labute approximate surface area is 128 Å². The summed E-state index contributed by atoms with van der Waals surface area (Å²) in [5.41, 5.74) is 1.15. The van der Waals surface area contributed by atoms with Crippen molar-refractivity contribution in [3.05, 3.63) is 30.1 Å². The zero-order valence-electron chi connectivity index (χ0n) is 13.3. The van der Waals surface area contributed by atoms with Crippen LogP contribution in [0.2, 0.25) is 0 Å². The molecule has 1 aromatic rings. The molecule has 2 heterocycles. The fraction of sp³-hybridized carbons (Fsp3) is 0.706. The normalized spacial score (nSPS) is 20.8. The second-order valence-electron chi connectivity index (χ2n) is 5.77. The molecule has 2 atom stereocenters. The number of pyridine rings is 1. The van der Waals surface area contributed by atoms with Crippen LogP contribution >= 0.6 is 0 Å². The van der Waals surface area contributed by atoms with Crippen LogP contribution in [0.5, 0.6) is 0 Å². The lowest BCUT2D eigenvalue weighted by molar-refractivity contribution is 0.0427. The summed E-state index contributed by atoms with van der Waals surface area (Å²) in [6.45, 7) is 8.94. The summed E-state index contributed by atoms with van der Waals surface area (Å²) in [5, 5.41) is 0. The van der Waals surface area contributed by atoms with Crippen molar-refractivity contribution >= 4 is 0 Å². The van der Waals surface area contributed by atoms with Crippen molar-refractivity contribution in [2.24, 2.45) is 0 Å². The van der Waals surface area contributed by atoms with Gasteiger partial charge in [0.05, 0.1) is 12.7 Å². The molecule has 0 N–H and O–H groups in total. The first-order valence-corrected chi connectivity index (χ1v) is 8.12. The molecule has 4 nitrogen and oxygen atoms in total. The standard InChI is InChI=1S/C17H28N2O2/c1-3-20-11-5-6-15(2)19-10-8-17(13-19)21-14-16-7-4-9-18-12-16/h4,7,9,12,15,17H,3,5-6,8,10-11,13-14H2,1-2H3. The third-order valence-corrected chi connectivity index (χ3v) is 4.12. The minimum Gasteiger partial charge on any atom is -0.382 e. The molecule has 0 bridgehead atoms. The van der Waals surface area contributed by atoms with Crippen LogP contribution in [0.1, 0.15) is 38.7 Å². The third-order valence-electron chi connectivity index (χ3n) is 4.12. The molecule has 118 valence electrons. The first-order valence-electron chi connectivity index (χ1n) is 8.12. The fourth-order valence-corrected chi connectivity index (χ4v) is 2.80. The van der Waals surface area contributed by atoms with Gasteiger partial charge in [-0.1, -0.05) is 6.07 Å². The van der Waals surface area contributed by atoms with Gasteiger partial charge < -0.3 is 9.47 Å². The summed E-state index contributed by atoms with van der Waals surface area (Å²) in [6.07, 6.45) is 7.52. The van der Waals surface area contributed by atoms with Crippen molar-refractivity contribution in [1.29, 1.82) is 0 Å². The maximum absolute atomic E-state index is 6.01. The van der Waals surface area contributed by atoms with E-state index in [0.29, 0.717) is 18.8 Å². The van der Waals surface area contributed by atoms with Crippen LogP contribution < -0.4 is 0 Å². The minimum atomic E-state index is 0.361. The average molecular weight is 292 g/mol. The predicted octanol–water partition coefficient (Wildman–Crippen LogP) is 2.88. The van der Waals surface area contributed by atoms with Gasteiger partial charge in [0.1, 0.15) is 0 Å². The number of hydrogen-bond acceptors (Lipinski definition) is 4. The van der Waals surface area contributed by atoms with E-state index < -0.39 is 0 Å². The molecule has 0 amide bonds. The van der Waals surface area contributed by atoms with Crippen LogP contribution in [-0.4, -0.2) is 48.3 Å². The molecular formula is C17H28N2O2. The summed E-state index contributed by atoms with van der Waals surface area (Å²) < 4.78 is 11.4. The van der Waals surface area contributed by atoms with Crippen LogP contribution in [0.25, 0.3) is 0 Å². The average Bonchev–Trinajstić information content (AvgIpc) is 2.99. The maximum Gasteiger partial charge on any atom is 0.0736 e. The lowest BCUT2D eigenvalue weighted by Crippen LogP contribution is -2.32. The fourth-order valence-electron chi connectivity index (χ4n) is 2.80. The molecule has 1 fully saturated rings. The molecule has 2 unspecified atom stereocenters. The van der Waals surface area contributed by atoms with Gasteiger partial charge in [0.25, 0.3) is 0 Å². The topological polar surface area (TPSA) is 34.6 Å². The SMILES string of the molecule is CCOCCCC(C)N1CCC(OCc2cccnc2)C1. The van der Waals surface area contributed by atoms with Crippen LogP contribution in [-0.2, 0) is 16.1 Å². The molecule has 0 aliphatic carbocycles. The third kappa shape index (κ3) is 5.73. The van der Waals surface area contributed by atoms with Crippen molar-refractivity contribution in [1.82, 2.24) is 9.88 Å². The van der Waals surface area contributed by atoms with Crippen LogP contribution in [0, 0.1) is 0 Å². The number of ether oxygens (including phenoxy) is 2. The number of likely N-dealkylation sites (tertiary alicyclic amines) is 1. The lowest BCUT2D eigenvalue weighted by Gasteiger charge is -2.24. The maximum atomic E-state index is 6.01. The highest BCUT2D eigenvalue weighted by molar-refractivity contribution is 5.06. The smallest absolute Gasteiger partial charge is 0.0736 e. The second kappa shape index (κ2) is 9.13. The minimum absolute atomic E-state index is 0.361. The molecule has 1 aliphatic heterocycles. The Bertz CT molecular complexity index is 386. The molecule has 0 spiro atoms. The molecule has 1 aromatic heterocycles. The van der Waals surface area contributed by atoms with E-state index >= 15 is 0 Å². The largest absolute Gasteiger partial charge is 0.382 e. The Morgan fingerprint density at radius 3 is 3.14 bits per heavy atom. The van der Waals surface area contributed by atoms with E-state index in [2.05, 4.69) is 22.9 Å². The monoisotopic (exact) mass is 292 g/mol. The van der Waals surface area contributed by atoms with E-state index in [9.17, 15) is 0 Å². The zero-order valence-corrected chi connectivity index (χ0v) is 13.3. The number of rotatable bonds is 9. The predicted molar refractivity (Wildman–Crippen MR) is 84.2 cm³/mol. The van der Waals surface area contributed by atoms with Gasteiger partial charge in [-0.05, 0) is 44.7 Å². The van der Waals surface area contributed by atoms with Gasteiger partial charge in [-0.25, -0.2) is 0 Å². The summed E-state index contributed by atoms with van der Waals surface area (Å²) in [7, 11) is 0. The summed E-state index contributed by atoms with van der Waals surface area (Å²) in [5.74, 6) is 0. The van der Waals surface area contributed by atoms with Crippen LogP contribution in [0.3, 0.4) is 0 Å². The van der Waals surface area contributed by atoms with E-state index in [1.807, 2.05) is 19.2 Å². The van der Waals surface area contributed by atoms with Crippen molar-refractivity contribution in [3.63, 3.8) is 0 Å². The van der Waals surface area contributed by atoms with Gasteiger partial charge in [0, 0.05) is 44.7 Å². The van der Waals surface area contributed by atoms with Crippen molar-refractivity contribution < 1.29 is 9.47 Å². The molecule has 0 saturated carbocycles. The number of aromatic nitrogens is 1. The molecule has 4 heteroatoms.